The summed E-state index contributed by atoms with van der Waals surface area (Å²) in [6, 6.07) is 0.742. The second kappa shape index (κ2) is 7.13. The zero-order valence-corrected chi connectivity index (χ0v) is 13.7. The van der Waals surface area contributed by atoms with Gasteiger partial charge in [0.2, 0.25) is 5.91 Å². The number of nitrogens with zero attached hydrogens (tertiary/aromatic N) is 1. The third-order valence-corrected chi connectivity index (χ3v) is 6.07. The molecule has 0 aromatic heterocycles. The van der Waals surface area contributed by atoms with Gasteiger partial charge in [-0.15, -0.1) is 0 Å². The number of hydrogen-bond donors (Lipinski definition) is 1. The van der Waals surface area contributed by atoms with Gasteiger partial charge in [-0.05, 0) is 50.4 Å². The number of amides is 1. The van der Waals surface area contributed by atoms with E-state index in [-0.39, 0.29) is 6.04 Å². The average Bonchev–Trinajstić information content (AvgIpc) is 2.55. The summed E-state index contributed by atoms with van der Waals surface area (Å²) in [5, 5.41) is 3.70. The highest BCUT2D eigenvalue weighted by Crippen LogP contribution is 2.33. The SMILES string of the molecule is CCCC1CCN(C(=O)C2CCC3CCCCC3N2)CC1. The number of rotatable bonds is 3. The maximum absolute atomic E-state index is 12.8. The van der Waals surface area contributed by atoms with E-state index in [1.807, 2.05) is 0 Å². The number of fused-ring (bicyclic) bond motifs is 1. The molecular weight excluding hydrogens is 260 g/mol. The van der Waals surface area contributed by atoms with Crippen LogP contribution in [0.2, 0.25) is 0 Å². The monoisotopic (exact) mass is 292 g/mol. The van der Waals surface area contributed by atoms with Gasteiger partial charge >= 0.3 is 0 Å². The first-order chi connectivity index (χ1) is 10.3. The van der Waals surface area contributed by atoms with Gasteiger partial charge in [0.1, 0.15) is 0 Å². The van der Waals surface area contributed by atoms with E-state index in [0.29, 0.717) is 11.9 Å². The van der Waals surface area contributed by atoms with Crippen LogP contribution < -0.4 is 5.32 Å². The highest BCUT2D eigenvalue weighted by Gasteiger charge is 2.36. The minimum Gasteiger partial charge on any atom is -0.341 e. The Morgan fingerprint density at radius 1 is 1.05 bits per heavy atom. The molecule has 3 aliphatic rings. The smallest absolute Gasteiger partial charge is 0.239 e. The van der Waals surface area contributed by atoms with Crippen LogP contribution in [-0.4, -0.2) is 36.0 Å². The summed E-state index contributed by atoms with van der Waals surface area (Å²) in [5.41, 5.74) is 0. The lowest BCUT2D eigenvalue weighted by atomic mass is 9.77. The van der Waals surface area contributed by atoms with E-state index >= 15 is 0 Å². The van der Waals surface area contributed by atoms with Crippen LogP contribution in [0.4, 0.5) is 0 Å². The second-order valence-corrected chi connectivity index (χ2v) is 7.50. The summed E-state index contributed by atoms with van der Waals surface area (Å²) in [6.45, 7) is 4.26. The van der Waals surface area contributed by atoms with Crippen molar-refractivity contribution in [2.24, 2.45) is 11.8 Å². The largest absolute Gasteiger partial charge is 0.341 e. The molecule has 0 radical (unpaired) electrons. The van der Waals surface area contributed by atoms with E-state index in [2.05, 4.69) is 17.1 Å². The van der Waals surface area contributed by atoms with E-state index < -0.39 is 0 Å². The van der Waals surface area contributed by atoms with E-state index in [0.717, 1.165) is 31.3 Å². The Bertz CT molecular complexity index is 349. The quantitative estimate of drug-likeness (QED) is 0.865. The molecule has 3 heteroatoms. The number of hydrogen-bond acceptors (Lipinski definition) is 2. The molecule has 3 unspecified atom stereocenters. The molecule has 0 bridgehead atoms. The topological polar surface area (TPSA) is 32.3 Å². The lowest BCUT2D eigenvalue weighted by Crippen LogP contribution is -2.56. The molecule has 0 spiro atoms. The summed E-state index contributed by atoms with van der Waals surface area (Å²) in [6.07, 6.45) is 12.8. The molecule has 3 nitrogen and oxygen atoms in total. The molecule has 21 heavy (non-hydrogen) atoms. The van der Waals surface area contributed by atoms with Crippen molar-refractivity contribution in [3.63, 3.8) is 0 Å². The van der Waals surface area contributed by atoms with Gasteiger partial charge in [-0.2, -0.15) is 0 Å². The van der Waals surface area contributed by atoms with E-state index in [1.165, 1.54) is 57.8 Å². The number of likely N-dealkylation sites (tertiary alicyclic amines) is 1. The minimum atomic E-state index is 0.118. The summed E-state index contributed by atoms with van der Waals surface area (Å²) >= 11 is 0. The van der Waals surface area contributed by atoms with E-state index in [4.69, 9.17) is 0 Å². The number of piperidine rings is 2. The number of nitrogens with one attached hydrogen (secondary N) is 1. The second-order valence-electron chi connectivity index (χ2n) is 7.50. The zero-order chi connectivity index (χ0) is 14.7. The highest BCUT2D eigenvalue weighted by molar-refractivity contribution is 5.82. The predicted molar refractivity (Wildman–Crippen MR) is 86.1 cm³/mol. The number of carbonyl (C=O) groups excluding carboxylic acids is 1. The Kier molecular flexibility index (Phi) is 5.20. The first kappa shape index (κ1) is 15.3. The van der Waals surface area contributed by atoms with E-state index in [1.54, 1.807) is 0 Å². The molecule has 120 valence electrons. The van der Waals surface area contributed by atoms with Crippen LogP contribution in [0.5, 0.6) is 0 Å². The molecule has 1 N–H and O–H groups in total. The van der Waals surface area contributed by atoms with Crippen LogP contribution in [0.3, 0.4) is 0 Å². The van der Waals surface area contributed by atoms with Crippen molar-refractivity contribution in [3.05, 3.63) is 0 Å². The molecule has 2 saturated heterocycles. The Balaban J connectivity index is 1.49. The maximum Gasteiger partial charge on any atom is 0.239 e. The molecule has 3 fully saturated rings. The van der Waals surface area contributed by atoms with Crippen molar-refractivity contribution in [2.75, 3.05) is 13.1 Å². The third-order valence-electron chi connectivity index (χ3n) is 6.07. The fourth-order valence-corrected chi connectivity index (χ4v) is 4.76. The summed E-state index contributed by atoms with van der Waals surface area (Å²) < 4.78 is 0. The van der Waals surface area contributed by atoms with Gasteiger partial charge in [0.15, 0.2) is 0 Å². The minimum absolute atomic E-state index is 0.118. The van der Waals surface area contributed by atoms with Gasteiger partial charge in [-0.3, -0.25) is 4.79 Å². The molecule has 1 saturated carbocycles. The normalized spacial score (nSPS) is 34.5. The van der Waals surface area contributed by atoms with Crippen molar-refractivity contribution in [1.82, 2.24) is 10.2 Å². The lowest BCUT2D eigenvalue weighted by molar-refractivity contribution is -0.136. The number of carbonyl (C=O) groups is 1. The molecule has 3 rings (SSSR count). The van der Waals surface area contributed by atoms with Crippen LogP contribution in [0, 0.1) is 11.8 Å². The van der Waals surface area contributed by atoms with Crippen LogP contribution in [0.1, 0.15) is 71.1 Å². The Morgan fingerprint density at radius 2 is 1.81 bits per heavy atom. The van der Waals surface area contributed by atoms with Crippen molar-refractivity contribution in [1.29, 1.82) is 0 Å². The highest BCUT2D eigenvalue weighted by atomic mass is 16.2. The Morgan fingerprint density at radius 3 is 2.57 bits per heavy atom. The molecule has 0 aromatic carbocycles. The van der Waals surface area contributed by atoms with Gasteiger partial charge in [0.25, 0.3) is 0 Å². The molecule has 1 aliphatic carbocycles. The van der Waals surface area contributed by atoms with Gasteiger partial charge in [0, 0.05) is 19.1 Å². The van der Waals surface area contributed by atoms with Crippen molar-refractivity contribution in [3.8, 4) is 0 Å². The standard InChI is InChI=1S/C18H32N2O/c1-2-5-14-10-12-20(13-11-14)18(21)17-9-8-15-6-3-4-7-16(15)19-17/h14-17,19H,2-13H2,1H3. The Hall–Kier alpha value is -0.570. The first-order valence-corrected chi connectivity index (χ1v) is 9.32. The summed E-state index contributed by atoms with van der Waals surface area (Å²) in [5.74, 6) is 2.10. The molecule has 2 heterocycles. The summed E-state index contributed by atoms with van der Waals surface area (Å²) in [4.78, 5) is 14.9. The average molecular weight is 292 g/mol. The molecular formula is C18H32N2O. The maximum atomic E-state index is 12.8. The van der Waals surface area contributed by atoms with Crippen molar-refractivity contribution in [2.45, 2.75) is 83.2 Å². The predicted octanol–water partition coefficient (Wildman–Crippen LogP) is 3.34. The summed E-state index contributed by atoms with van der Waals surface area (Å²) in [7, 11) is 0. The Labute approximate surface area is 129 Å². The third kappa shape index (κ3) is 3.61. The fourth-order valence-electron chi connectivity index (χ4n) is 4.76. The molecule has 0 aromatic rings. The zero-order valence-electron chi connectivity index (χ0n) is 13.7. The van der Waals surface area contributed by atoms with Crippen LogP contribution >= 0.6 is 0 Å². The molecule has 1 amide bonds. The molecule has 2 aliphatic heterocycles. The first-order valence-electron chi connectivity index (χ1n) is 9.32. The van der Waals surface area contributed by atoms with Gasteiger partial charge in [-0.1, -0.05) is 32.6 Å². The van der Waals surface area contributed by atoms with Crippen LogP contribution in [0.25, 0.3) is 0 Å². The van der Waals surface area contributed by atoms with Gasteiger partial charge in [0.05, 0.1) is 6.04 Å². The van der Waals surface area contributed by atoms with E-state index in [9.17, 15) is 4.79 Å². The van der Waals surface area contributed by atoms with Crippen molar-refractivity contribution >= 4 is 5.91 Å². The van der Waals surface area contributed by atoms with Gasteiger partial charge in [-0.25, -0.2) is 0 Å². The van der Waals surface area contributed by atoms with Gasteiger partial charge < -0.3 is 10.2 Å². The van der Waals surface area contributed by atoms with Crippen LogP contribution in [-0.2, 0) is 4.79 Å². The lowest BCUT2D eigenvalue weighted by Gasteiger charge is -2.42. The van der Waals surface area contributed by atoms with Crippen LogP contribution in [0.15, 0.2) is 0 Å². The fraction of sp³-hybridized carbons (Fsp3) is 0.944. The van der Waals surface area contributed by atoms with Crippen molar-refractivity contribution < 1.29 is 4.79 Å². The molecule has 3 atom stereocenters.